The Balaban J connectivity index is 1.64. The average Bonchev–Trinajstić information content (AvgIpc) is 2.59. The van der Waals surface area contributed by atoms with Crippen LogP contribution < -0.4 is 5.32 Å². The molecule has 4 heteroatoms. The highest BCUT2D eigenvalue weighted by Crippen LogP contribution is 2.27. The van der Waals surface area contributed by atoms with Crippen LogP contribution in [0.15, 0.2) is 48.5 Å². The summed E-state index contributed by atoms with van der Waals surface area (Å²) in [6.07, 6.45) is -0.492. The smallest absolute Gasteiger partial charge is 0.253 e. The highest BCUT2D eigenvalue weighted by molar-refractivity contribution is 5.82. The summed E-state index contributed by atoms with van der Waals surface area (Å²) in [4.78, 5) is 12.4. The van der Waals surface area contributed by atoms with Crippen LogP contribution in [0.4, 0.5) is 0 Å². The normalized spacial score (nSPS) is 18.1. The lowest BCUT2D eigenvalue weighted by molar-refractivity contribution is -0.134. The fraction of sp³-hybridized carbons (Fsp3) is 0.316. The number of ether oxygens (including phenoxy) is 1. The third-order valence-corrected chi connectivity index (χ3v) is 4.13. The van der Waals surface area contributed by atoms with E-state index in [-0.39, 0.29) is 12.5 Å². The second kappa shape index (κ2) is 6.94. The van der Waals surface area contributed by atoms with Gasteiger partial charge in [0, 0.05) is 6.54 Å². The Kier molecular flexibility index (Phi) is 4.74. The quantitative estimate of drug-likeness (QED) is 0.912. The maximum absolute atomic E-state index is 12.4. The van der Waals surface area contributed by atoms with Gasteiger partial charge in [-0.05, 0) is 30.0 Å². The molecule has 0 fully saturated rings. The molecule has 4 nitrogen and oxygen atoms in total. The summed E-state index contributed by atoms with van der Waals surface area (Å²) in [6, 6.07) is 15.5. The first-order chi connectivity index (χ1) is 11.1. The predicted octanol–water partition coefficient (Wildman–Crippen LogP) is 2.46. The number of aliphatic hydroxyl groups is 1. The molecule has 23 heavy (non-hydrogen) atoms. The molecule has 1 amide bonds. The van der Waals surface area contributed by atoms with Crippen LogP contribution >= 0.6 is 0 Å². The summed E-state index contributed by atoms with van der Waals surface area (Å²) in [5.74, 6) is -0.205. The van der Waals surface area contributed by atoms with Crippen molar-refractivity contribution >= 4 is 5.91 Å². The molecule has 120 valence electrons. The van der Waals surface area contributed by atoms with Gasteiger partial charge < -0.3 is 15.2 Å². The van der Waals surface area contributed by atoms with Crippen LogP contribution in [0.25, 0.3) is 0 Å². The monoisotopic (exact) mass is 311 g/mol. The number of hydrogen-bond acceptors (Lipinski definition) is 3. The minimum absolute atomic E-state index is 0.171. The number of aliphatic hydroxyl groups excluding tert-OH is 1. The topological polar surface area (TPSA) is 58.6 Å². The molecule has 0 saturated carbocycles. The summed E-state index contributed by atoms with van der Waals surface area (Å²) in [5.41, 5.74) is 3.95. The molecule has 2 aromatic rings. The van der Waals surface area contributed by atoms with E-state index in [0.29, 0.717) is 6.61 Å². The number of rotatable bonds is 4. The van der Waals surface area contributed by atoms with Crippen LogP contribution in [0, 0.1) is 6.92 Å². The molecule has 0 radical (unpaired) electrons. The van der Waals surface area contributed by atoms with Crippen molar-refractivity contribution in [1.29, 1.82) is 0 Å². The summed E-state index contributed by atoms with van der Waals surface area (Å²) in [6.45, 7) is 2.68. The van der Waals surface area contributed by atoms with Crippen molar-refractivity contribution in [3.8, 4) is 0 Å². The Morgan fingerprint density at radius 2 is 2.13 bits per heavy atom. The van der Waals surface area contributed by atoms with Gasteiger partial charge >= 0.3 is 0 Å². The first-order valence-electron chi connectivity index (χ1n) is 7.87. The van der Waals surface area contributed by atoms with Gasteiger partial charge in [-0.1, -0.05) is 54.1 Å². The standard InChI is InChI=1S/C19H21NO3/c1-13-5-4-7-15(11-13)17(21)12-20-19(22)18-16-8-3-2-6-14(16)9-10-23-18/h2-8,11,17-18,21H,9-10,12H2,1H3,(H,20,22). The van der Waals surface area contributed by atoms with Gasteiger partial charge in [0.2, 0.25) is 0 Å². The molecule has 1 heterocycles. The van der Waals surface area contributed by atoms with Crippen LogP contribution in [0.2, 0.25) is 0 Å². The third-order valence-electron chi connectivity index (χ3n) is 4.13. The van der Waals surface area contributed by atoms with Crippen molar-refractivity contribution in [2.24, 2.45) is 0 Å². The Bertz CT molecular complexity index is 699. The zero-order valence-corrected chi connectivity index (χ0v) is 13.2. The summed E-state index contributed by atoms with van der Waals surface area (Å²) < 4.78 is 5.63. The lowest BCUT2D eigenvalue weighted by Gasteiger charge is -2.25. The van der Waals surface area contributed by atoms with Crippen LogP contribution in [0.3, 0.4) is 0 Å². The van der Waals surface area contributed by atoms with Gasteiger partial charge in [-0.3, -0.25) is 4.79 Å². The number of fused-ring (bicyclic) bond motifs is 1. The van der Waals surface area contributed by atoms with Gasteiger partial charge in [-0.2, -0.15) is 0 Å². The Labute approximate surface area is 136 Å². The Morgan fingerprint density at radius 3 is 2.96 bits per heavy atom. The SMILES string of the molecule is Cc1cccc(C(O)CNC(=O)C2OCCc3ccccc32)c1. The summed E-state index contributed by atoms with van der Waals surface area (Å²) in [5, 5.41) is 13.0. The van der Waals surface area contributed by atoms with Crippen LogP contribution in [0.5, 0.6) is 0 Å². The van der Waals surface area contributed by atoms with Crippen LogP contribution in [-0.4, -0.2) is 24.2 Å². The minimum Gasteiger partial charge on any atom is -0.387 e. The van der Waals surface area contributed by atoms with Gasteiger partial charge in [0.05, 0.1) is 12.7 Å². The molecule has 2 unspecified atom stereocenters. The van der Waals surface area contributed by atoms with E-state index in [0.717, 1.165) is 28.7 Å². The second-order valence-electron chi connectivity index (χ2n) is 5.87. The molecule has 2 atom stereocenters. The lowest BCUT2D eigenvalue weighted by Crippen LogP contribution is -2.36. The lowest BCUT2D eigenvalue weighted by atomic mass is 9.97. The third kappa shape index (κ3) is 3.60. The predicted molar refractivity (Wildman–Crippen MR) is 88.0 cm³/mol. The van der Waals surface area contributed by atoms with Crippen molar-refractivity contribution in [1.82, 2.24) is 5.32 Å². The van der Waals surface area contributed by atoms with Crippen molar-refractivity contribution in [2.75, 3.05) is 13.2 Å². The fourth-order valence-electron chi connectivity index (χ4n) is 2.90. The van der Waals surface area contributed by atoms with Gasteiger partial charge in [0.15, 0.2) is 6.10 Å². The number of nitrogens with one attached hydrogen (secondary N) is 1. The van der Waals surface area contributed by atoms with Crippen LogP contribution in [0.1, 0.15) is 34.5 Å². The van der Waals surface area contributed by atoms with E-state index < -0.39 is 12.2 Å². The molecule has 3 rings (SSSR count). The Morgan fingerprint density at radius 1 is 1.30 bits per heavy atom. The van der Waals surface area contributed by atoms with Gasteiger partial charge in [-0.25, -0.2) is 0 Å². The highest BCUT2D eigenvalue weighted by atomic mass is 16.5. The molecule has 2 N–H and O–H groups in total. The first-order valence-corrected chi connectivity index (χ1v) is 7.87. The zero-order chi connectivity index (χ0) is 16.2. The number of hydrogen-bond donors (Lipinski definition) is 2. The van der Waals surface area contributed by atoms with E-state index in [1.807, 2.05) is 55.5 Å². The van der Waals surface area contributed by atoms with Crippen molar-refractivity contribution < 1.29 is 14.6 Å². The average molecular weight is 311 g/mol. The summed E-state index contributed by atoms with van der Waals surface area (Å²) >= 11 is 0. The number of aryl methyl sites for hydroxylation is 1. The van der Waals surface area contributed by atoms with E-state index in [9.17, 15) is 9.90 Å². The molecule has 2 aromatic carbocycles. The van der Waals surface area contributed by atoms with E-state index in [2.05, 4.69) is 5.32 Å². The van der Waals surface area contributed by atoms with Crippen molar-refractivity contribution in [3.05, 3.63) is 70.8 Å². The second-order valence-corrected chi connectivity index (χ2v) is 5.87. The van der Waals surface area contributed by atoms with E-state index >= 15 is 0 Å². The van der Waals surface area contributed by atoms with Gasteiger partial charge in [0.1, 0.15) is 0 Å². The molecule has 0 aliphatic carbocycles. The van der Waals surface area contributed by atoms with Crippen LogP contribution in [-0.2, 0) is 16.0 Å². The number of carbonyl (C=O) groups excluding carboxylic acids is 1. The maximum atomic E-state index is 12.4. The largest absolute Gasteiger partial charge is 0.387 e. The zero-order valence-electron chi connectivity index (χ0n) is 13.2. The van der Waals surface area contributed by atoms with Crippen molar-refractivity contribution in [2.45, 2.75) is 25.6 Å². The highest BCUT2D eigenvalue weighted by Gasteiger charge is 2.27. The Hall–Kier alpha value is -2.17. The molecule has 1 aliphatic rings. The molecule has 0 aromatic heterocycles. The molecular weight excluding hydrogens is 290 g/mol. The molecule has 1 aliphatic heterocycles. The first kappa shape index (κ1) is 15.7. The molecular formula is C19H21NO3. The molecule has 0 spiro atoms. The number of amides is 1. The fourth-order valence-corrected chi connectivity index (χ4v) is 2.90. The summed E-state index contributed by atoms with van der Waals surface area (Å²) in [7, 11) is 0. The van der Waals surface area contributed by atoms with Crippen molar-refractivity contribution in [3.63, 3.8) is 0 Å². The van der Waals surface area contributed by atoms with E-state index in [4.69, 9.17) is 4.74 Å². The number of carbonyl (C=O) groups is 1. The number of benzene rings is 2. The molecule has 0 bridgehead atoms. The van der Waals surface area contributed by atoms with E-state index in [1.54, 1.807) is 0 Å². The maximum Gasteiger partial charge on any atom is 0.253 e. The van der Waals surface area contributed by atoms with Gasteiger partial charge in [-0.15, -0.1) is 0 Å². The van der Waals surface area contributed by atoms with Gasteiger partial charge in [0.25, 0.3) is 5.91 Å². The van der Waals surface area contributed by atoms with E-state index in [1.165, 1.54) is 0 Å². The molecule has 0 saturated heterocycles. The minimum atomic E-state index is -0.724.